The van der Waals surface area contributed by atoms with Crippen molar-refractivity contribution in [1.82, 2.24) is 4.98 Å². The number of nitrogens with zero attached hydrogens (tertiary/aromatic N) is 1. The Morgan fingerprint density at radius 2 is 2.14 bits per heavy atom. The largest absolute Gasteiger partial charge is 0.481 e. The molecule has 1 unspecified atom stereocenters. The first kappa shape index (κ1) is 10.7. The number of carboxylic acid groups (broad SMARTS) is 1. The Morgan fingerprint density at radius 3 is 2.57 bits per heavy atom. The van der Waals surface area contributed by atoms with Crippen LogP contribution in [0.1, 0.15) is 25.6 Å². The average Bonchev–Trinajstić information content (AvgIpc) is 2.17. The van der Waals surface area contributed by atoms with Gasteiger partial charge in [-0.25, -0.2) is 0 Å². The van der Waals surface area contributed by atoms with Gasteiger partial charge in [0.2, 0.25) is 0 Å². The first-order valence-electron chi connectivity index (χ1n) is 4.28. The van der Waals surface area contributed by atoms with Crippen LogP contribution in [0, 0.1) is 5.41 Å². The Labute approximate surface area is 82.2 Å². The third kappa shape index (κ3) is 1.90. The molecule has 0 fully saturated rings. The number of rotatable bonds is 3. The summed E-state index contributed by atoms with van der Waals surface area (Å²) in [5, 5.41) is 18.7. The molecule has 1 aromatic heterocycles. The molecule has 1 aromatic rings. The number of pyridine rings is 1. The van der Waals surface area contributed by atoms with Gasteiger partial charge in [-0.1, -0.05) is 6.07 Å². The van der Waals surface area contributed by atoms with Crippen molar-refractivity contribution < 1.29 is 15.0 Å². The summed E-state index contributed by atoms with van der Waals surface area (Å²) < 4.78 is 0. The lowest BCUT2D eigenvalue weighted by Gasteiger charge is -2.25. The van der Waals surface area contributed by atoms with E-state index in [2.05, 4.69) is 4.98 Å². The van der Waals surface area contributed by atoms with E-state index < -0.39 is 17.5 Å². The minimum atomic E-state index is -1.23. The van der Waals surface area contributed by atoms with Gasteiger partial charge in [-0.05, 0) is 26.0 Å². The summed E-state index contributed by atoms with van der Waals surface area (Å²) in [6.45, 7) is 2.93. The molecule has 1 heterocycles. The predicted octanol–water partition coefficient (Wildman–Crippen LogP) is 1.23. The fourth-order valence-corrected chi connectivity index (χ4v) is 1.02. The number of hydrogen-bond donors (Lipinski definition) is 2. The van der Waals surface area contributed by atoms with Gasteiger partial charge in [0.25, 0.3) is 0 Å². The summed E-state index contributed by atoms with van der Waals surface area (Å²) >= 11 is 0. The summed E-state index contributed by atoms with van der Waals surface area (Å²) in [5.41, 5.74) is -0.853. The molecule has 0 saturated heterocycles. The van der Waals surface area contributed by atoms with Crippen LogP contribution in [0.15, 0.2) is 24.4 Å². The zero-order chi connectivity index (χ0) is 10.8. The molecule has 4 heteroatoms. The van der Waals surface area contributed by atoms with Crippen LogP contribution in [0.3, 0.4) is 0 Å². The normalized spacial score (nSPS) is 13.6. The molecule has 0 bridgehead atoms. The van der Waals surface area contributed by atoms with E-state index in [0.29, 0.717) is 5.69 Å². The van der Waals surface area contributed by atoms with Crippen molar-refractivity contribution in [2.24, 2.45) is 5.41 Å². The van der Waals surface area contributed by atoms with E-state index in [0.717, 1.165) is 0 Å². The maximum Gasteiger partial charge on any atom is 0.312 e. The molecular formula is C10H13NO3. The fraction of sp³-hybridized carbons (Fsp3) is 0.400. The Morgan fingerprint density at radius 1 is 1.50 bits per heavy atom. The second-order valence-electron chi connectivity index (χ2n) is 3.68. The molecule has 0 aromatic carbocycles. The van der Waals surface area contributed by atoms with Crippen LogP contribution >= 0.6 is 0 Å². The van der Waals surface area contributed by atoms with Gasteiger partial charge in [0.15, 0.2) is 0 Å². The van der Waals surface area contributed by atoms with E-state index >= 15 is 0 Å². The molecule has 1 rings (SSSR count). The van der Waals surface area contributed by atoms with Crippen LogP contribution in [0.5, 0.6) is 0 Å². The van der Waals surface area contributed by atoms with Crippen molar-refractivity contribution in [2.45, 2.75) is 20.0 Å². The molecule has 76 valence electrons. The van der Waals surface area contributed by atoms with Crippen molar-refractivity contribution >= 4 is 5.97 Å². The first-order chi connectivity index (χ1) is 6.46. The summed E-state index contributed by atoms with van der Waals surface area (Å²) in [5.74, 6) is -1.05. The van der Waals surface area contributed by atoms with Crippen LogP contribution < -0.4 is 0 Å². The van der Waals surface area contributed by atoms with Gasteiger partial charge in [-0.2, -0.15) is 0 Å². The van der Waals surface area contributed by atoms with Crippen LogP contribution in [0.2, 0.25) is 0 Å². The highest BCUT2D eigenvalue weighted by Crippen LogP contribution is 2.32. The number of aliphatic hydroxyl groups excluding tert-OH is 1. The standard InChI is InChI=1S/C10H13NO3/c1-10(2,9(13)14)8(12)7-5-3-4-6-11-7/h3-6,8,12H,1-2H3,(H,13,14). The second kappa shape index (κ2) is 3.75. The van der Waals surface area contributed by atoms with Crippen molar-refractivity contribution in [3.8, 4) is 0 Å². The van der Waals surface area contributed by atoms with E-state index in [-0.39, 0.29) is 0 Å². The number of hydrogen-bond acceptors (Lipinski definition) is 3. The van der Waals surface area contributed by atoms with Crippen LogP contribution in [0.25, 0.3) is 0 Å². The average molecular weight is 195 g/mol. The minimum absolute atomic E-state index is 0.375. The van der Waals surface area contributed by atoms with E-state index in [1.807, 2.05) is 0 Å². The first-order valence-corrected chi connectivity index (χ1v) is 4.28. The van der Waals surface area contributed by atoms with E-state index in [1.54, 1.807) is 18.2 Å². The number of aromatic nitrogens is 1. The third-order valence-corrected chi connectivity index (χ3v) is 2.20. The maximum atomic E-state index is 10.8. The topological polar surface area (TPSA) is 70.4 Å². The zero-order valence-electron chi connectivity index (χ0n) is 8.14. The molecule has 0 aliphatic rings. The monoisotopic (exact) mass is 195 g/mol. The van der Waals surface area contributed by atoms with Gasteiger partial charge >= 0.3 is 5.97 Å². The molecule has 0 amide bonds. The van der Waals surface area contributed by atoms with Crippen molar-refractivity contribution in [3.63, 3.8) is 0 Å². The molecule has 0 aliphatic carbocycles. The van der Waals surface area contributed by atoms with Gasteiger partial charge in [-0.15, -0.1) is 0 Å². The molecule has 0 radical (unpaired) electrons. The van der Waals surface area contributed by atoms with Crippen LogP contribution in [-0.2, 0) is 4.79 Å². The fourth-order valence-electron chi connectivity index (χ4n) is 1.02. The predicted molar refractivity (Wildman–Crippen MR) is 50.6 cm³/mol. The number of carbonyl (C=O) groups is 1. The Hall–Kier alpha value is -1.42. The number of aliphatic carboxylic acids is 1. The highest BCUT2D eigenvalue weighted by atomic mass is 16.4. The smallest absolute Gasteiger partial charge is 0.312 e. The van der Waals surface area contributed by atoms with Crippen molar-refractivity contribution in [2.75, 3.05) is 0 Å². The maximum absolute atomic E-state index is 10.8. The lowest BCUT2D eigenvalue weighted by molar-refractivity contribution is -0.153. The molecule has 0 saturated carbocycles. The summed E-state index contributed by atoms with van der Waals surface area (Å²) in [7, 11) is 0. The van der Waals surface area contributed by atoms with Gasteiger partial charge in [0.1, 0.15) is 6.10 Å². The Balaban J connectivity index is 2.96. The summed E-state index contributed by atoms with van der Waals surface area (Å²) in [6, 6.07) is 5.03. The van der Waals surface area contributed by atoms with E-state index in [4.69, 9.17) is 5.11 Å². The molecular weight excluding hydrogens is 182 g/mol. The summed E-state index contributed by atoms with van der Waals surface area (Å²) in [6.07, 6.45) is 0.428. The van der Waals surface area contributed by atoms with E-state index in [1.165, 1.54) is 20.0 Å². The summed E-state index contributed by atoms with van der Waals surface area (Å²) in [4.78, 5) is 14.8. The molecule has 0 aliphatic heterocycles. The molecule has 4 nitrogen and oxygen atoms in total. The lowest BCUT2D eigenvalue weighted by Crippen LogP contribution is -2.31. The lowest BCUT2D eigenvalue weighted by atomic mass is 9.85. The minimum Gasteiger partial charge on any atom is -0.481 e. The second-order valence-corrected chi connectivity index (χ2v) is 3.68. The van der Waals surface area contributed by atoms with Crippen molar-refractivity contribution in [3.05, 3.63) is 30.1 Å². The third-order valence-electron chi connectivity index (χ3n) is 2.20. The van der Waals surface area contributed by atoms with E-state index in [9.17, 15) is 9.90 Å². The molecule has 14 heavy (non-hydrogen) atoms. The SMILES string of the molecule is CC(C)(C(=O)O)C(O)c1ccccn1. The highest BCUT2D eigenvalue weighted by molar-refractivity contribution is 5.74. The Bertz CT molecular complexity index is 321. The van der Waals surface area contributed by atoms with Gasteiger partial charge in [-0.3, -0.25) is 9.78 Å². The van der Waals surface area contributed by atoms with Crippen LogP contribution in [-0.4, -0.2) is 21.2 Å². The molecule has 2 N–H and O–H groups in total. The number of carboxylic acids is 1. The van der Waals surface area contributed by atoms with Crippen LogP contribution in [0.4, 0.5) is 0 Å². The molecule has 1 atom stereocenters. The molecule has 0 spiro atoms. The Kier molecular flexibility index (Phi) is 2.86. The number of aliphatic hydroxyl groups is 1. The van der Waals surface area contributed by atoms with Gasteiger partial charge in [0.05, 0.1) is 11.1 Å². The zero-order valence-corrected chi connectivity index (χ0v) is 8.14. The van der Waals surface area contributed by atoms with Crippen molar-refractivity contribution in [1.29, 1.82) is 0 Å². The van der Waals surface area contributed by atoms with Gasteiger partial charge in [0, 0.05) is 6.20 Å². The quantitative estimate of drug-likeness (QED) is 0.760. The highest BCUT2D eigenvalue weighted by Gasteiger charge is 2.37. The van der Waals surface area contributed by atoms with Gasteiger partial charge < -0.3 is 10.2 Å².